The Morgan fingerprint density at radius 3 is 2.50 bits per heavy atom. The number of nitrogens with one attached hydrogen (secondary N) is 2. The van der Waals surface area contributed by atoms with Crippen molar-refractivity contribution in [1.29, 1.82) is 0 Å². The highest BCUT2D eigenvalue weighted by molar-refractivity contribution is 6.03. The summed E-state index contributed by atoms with van der Waals surface area (Å²) in [5.74, 6) is -0.433. The first-order valence-electron chi connectivity index (χ1n) is 9.20. The van der Waals surface area contributed by atoms with E-state index in [2.05, 4.69) is 15.4 Å². The summed E-state index contributed by atoms with van der Waals surface area (Å²) in [6.45, 7) is -0.685. The third-order valence-electron chi connectivity index (χ3n) is 4.34. The van der Waals surface area contributed by atoms with Gasteiger partial charge in [0.15, 0.2) is 5.76 Å². The van der Waals surface area contributed by atoms with E-state index in [0.717, 1.165) is 11.1 Å². The van der Waals surface area contributed by atoms with E-state index in [1.54, 1.807) is 42.5 Å². The van der Waals surface area contributed by atoms with Crippen molar-refractivity contribution in [2.75, 3.05) is 11.9 Å². The highest BCUT2D eigenvalue weighted by atomic mass is 19.3. The number of ether oxygens (including phenoxy) is 1. The van der Waals surface area contributed by atoms with E-state index in [0.29, 0.717) is 24.2 Å². The molecule has 6 nitrogen and oxygen atoms in total. The number of carbonyl (C=O) groups excluding carboxylic acids is 2. The Kier molecular flexibility index (Phi) is 6.79. The Labute approximate surface area is 171 Å². The van der Waals surface area contributed by atoms with Crippen molar-refractivity contribution in [2.24, 2.45) is 0 Å². The molecule has 0 aliphatic heterocycles. The van der Waals surface area contributed by atoms with Gasteiger partial charge in [-0.25, -0.2) is 0 Å². The van der Waals surface area contributed by atoms with Crippen LogP contribution < -0.4 is 15.4 Å². The molecule has 156 valence electrons. The Bertz CT molecular complexity index is 1000. The minimum atomic E-state index is -2.86. The van der Waals surface area contributed by atoms with Crippen molar-refractivity contribution in [3.8, 4) is 5.75 Å². The summed E-state index contributed by atoms with van der Waals surface area (Å²) < 4.78 is 33.7. The van der Waals surface area contributed by atoms with Crippen LogP contribution >= 0.6 is 0 Å². The number of aryl methyl sites for hydroxylation is 1. The number of anilines is 1. The Hall–Kier alpha value is -3.68. The van der Waals surface area contributed by atoms with Gasteiger partial charge in [-0.1, -0.05) is 18.2 Å². The summed E-state index contributed by atoms with van der Waals surface area (Å²) in [6.07, 6.45) is 1.93. The summed E-state index contributed by atoms with van der Waals surface area (Å²) in [5.41, 5.74) is 2.58. The quantitative estimate of drug-likeness (QED) is 0.572. The Morgan fingerprint density at radius 2 is 1.83 bits per heavy atom. The second-order valence-electron chi connectivity index (χ2n) is 6.49. The fourth-order valence-corrected chi connectivity index (χ4v) is 2.75. The standard InChI is InChI=1S/C22H20F2N2O4/c1-14-4-7-16(13-18(14)26-21(28)19-3-2-12-29-19)20(27)25-11-10-15-5-8-17(9-6-15)30-22(23)24/h2-9,12-13,22H,10-11H2,1H3,(H,25,27)(H,26,28). The zero-order valence-electron chi connectivity index (χ0n) is 16.2. The molecular formula is C22H20F2N2O4. The summed E-state index contributed by atoms with van der Waals surface area (Å²) in [7, 11) is 0. The second-order valence-corrected chi connectivity index (χ2v) is 6.49. The van der Waals surface area contributed by atoms with Crippen molar-refractivity contribution >= 4 is 17.5 Å². The van der Waals surface area contributed by atoms with Gasteiger partial charge in [0.2, 0.25) is 0 Å². The lowest BCUT2D eigenvalue weighted by Gasteiger charge is -2.11. The van der Waals surface area contributed by atoms with Gasteiger partial charge in [-0.2, -0.15) is 8.78 Å². The predicted molar refractivity (Wildman–Crippen MR) is 107 cm³/mol. The van der Waals surface area contributed by atoms with Crippen LogP contribution in [0.25, 0.3) is 0 Å². The normalized spacial score (nSPS) is 10.7. The molecule has 0 unspecified atom stereocenters. The Balaban J connectivity index is 1.55. The van der Waals surface area contributed by atoms with Crippen LogP contribution in [0.15, 0.2) is 65.3 Å². The molecule has 0 aliphatic rings. The maximum absolute atomic E-state index is 12.4. The minimum absolute atomic E-state index is 0.0848. The van der Waals surface area contributed by atoms with Crippen LogP contribution in [0.4, 0.5) is 14.5 Å². The van der Waals surface area contributed by atoms with Crippen LogP contribution in [0.3, 0.4) is 0 Å². The van der Waals surface area contributed by atoms with Gasteiger partial charge in [0.25, 0.3) is 11.8 Å². The highest BCUT2D eigenvalue weighted by Crippen LogP contribution is 2.19. The van der Waals surface area contributed by atoms with Gasteiger partial charge in [0.1, 0.15) is 5.75 Å². The zero-order chi connectivity index (χ0) is 21.5. The number of benzene rings is 2. The number of amides is 2. The van der Waals surface area contributed by atoms with Gasteiger partial charge in [0, 0.05) is 17.8 Å². The zero-order valence-corrected chi connectivity index (χ0v) is 16.2. The van der Waals surface area contributed by atoms with Gasteiger partial charge < -0.3 is 19.8 Å². The van der Waals surface area contributed by atoms with E-state index in [9.17, 15) is 18.4 Å². The molecule has 0 bridgehead atoms. The summed E-state index contributed by atoms with van der Waals surface area (Å²) in [6, 6.07) is 14.4. The van der Waals surface area contributed by atoms with Crippen LogP contribution in [0.5, 0.6) is 5.75 Å². The number of rotatable bonds is 8. The van der Waals surface area contributed by atoms with Crippen LogP contribution in [-0.4, -0.2) is 25.0 Å². The average molecular weight is 414 g/mol. The van der Waals surface area contributed by atoms with E-state index < -0.39 is 12.5 Å². The largest absolute Gasteiger partial charge is 0.459 e. The molecule has 2 aromatic carbocycles. The maximum Gasteiger partial charge on any atom is 0.387 e. The molecule has 0 spiro atoms. The number of hydrogen-bond acceptors (Lipinski definition) is 4. The first kappa shape index (κ1) is 21.0. The van der Waals surface area contributed by atoms with E-state index in [4.69, 9.17) is 4.42 Å². The number of hydrogen-bond donors (Lipinski definition) is 2. The van der Waals surface area contributed by atoms with Gasteiger partial charge >= 0.3 is 6.61 Å². The topological polar surface area (TPSA) is 80.6 Å². The molecule has 2 amide bonds. The second kappa shape index (κ2) is 9.69. The molecule has 0 saturated carbocycles. The van der Waals surface area contributed by atoms with Crippen LogP contribution in [0.2, 0.25) is 0 Å². The summed E-state index contributed by atoms with van der Waals surface area (Å²) >= 11 is 0. The third kappa shape index (κ3) is 5.66. The number of furan rings is 1. The molecule has 8 heteroatoms. The molecule has 1 heterocycles. The number of alkyl halides is 2. The fraction of sp³-hybridized carbons (Fsp3) is 0.182. The lowest BCUT2D eigenvalue weighted by Crippen LogP contribution is -2.26. The van der Waals surface area contributed by atoms with Crippen LogP contribution in [0.1, 0.15) is 32.0 Å². The van der Waals surface area contributed by atoms with Crippen molar-refractivity contribution in [2.45, 2.75) is 20.0 Å². The van der Waals surface area contributed by atoms with E-state index in [1.807, 2.05) is 6.92 Å². The van der Waals surface area contributed by atoms with Gasteiger partial charge in [-0.05, 0) is 60.9 Å². The van der Waals surface area contributed by atoms with Crippen molar-refractivity contribution in [1.82, 2.24) is 5.32 Å². The monoisotopic (exact) mass is 414 g/mol. The Morgan fingerprint density at radius 1 is 1.07 bits per heavy atom. The average Bonchev–Trinajstić information content (AvgIpc) is 3.25. The molecule has 0 aliphatic carbocycles. The predicted octanol–water partition coefficient (Wildman–Crippen LogP) is 4.41. The third-order valence-corrected chi connectivity index (χ3v) is 4.34. The fourth-order valence-electron chi connectivity index (χ4n) is 2.75. The van der Waals surface area contributed by atoms with Crippen molar-refractivity contribution < 1.29 is 27.5 Å². The number of carbonyl (C=O) groups is 2. The molecule has 1 aromatic heterocycles. The lowest BCUT2D eigenvalue weighted by atomic mass is 10.1. The smallest absolute Gasteiger partial charge is 0.387 e. The van der Waals surface area contributed by atoms with Gasteiger partial charge in [-0.15, -0.1) is 0 Å². The van der Waals surface area contributed by atoms with Crippen molar-refractivity contribution in [3.63, 3.8) is 0 Å². The van der Waals surface area contributed by atoms with E-state index >= 15 is 0 Å². The van der Waals surface area contributed by atoms with Crippen LogP contribution in [0, 0.1) is 6.92 Å². The van der Waals surface area contributed by atoms with Crippen LogP contribution in [-0.2, 0) is 6.42 Å². The highest BCUT2D eigenvalue weighted by Gasteiger charge is 2.13. The molecule has 0 fully saturated rings. The van der Waals surface area contributed by atoms with Crippen molar-refractivity contribution in [3.05, 3.63) is 83.3 Å². The molecule has 30 heavy (non-hydrogen) atoms. The van der Waals surface area contributed by atoms with Gasteiger partial charge in [0.05, 0.1) is 6.26 Å². The first-order chi connectivity index (χ1) is 14.4. The summed E-state index contributed by atoms with van der Waals surface area (Å²) in [5, 5.41) is 5.53. The first-order valence-corrected chi connectivity index (χ1v) is 9.20. The molecule has 3 rings (SSSR count). The molecule has 0 radical (unpaired) electrons. The molecular weight excluding hydrogens is 394 g/mol. The SMILES string of the molecule is Cc1ccc(C(=O)NCCc2ccc(OC(F)F)cc2)cc1NC(=O)c1ccco1. The number of halogens is 2. The molecule has 3 aromatic rings. The minimum Gasteiger partial charge on any atom is -0.459 e. The van der Waals surface area contributed by atoms with E-state index in [-0.39, 0.29) is 17.4 Å². The van der Waals surface area contributed by atoms with E-state index in [1.165, 1.54) is 18.4 Å². The molecule has 2 N–H and O–H groups in total. The molecule has 0 atom stereocenters. The summed E-state index contributed by atoms with van der Waals surface area (Å²) in [4.78, 5) is 24.6. The molecule has 0 saturated heterocycles. The van der Waals surface area contributed by atoms with Gasteiger partial charge in [-0.3, -0.25) is 9.59 Å². The maximum atomic E-state index is 12.4. The lowest BCUT2D eigenvalue weighted by molar-refractivity contribution is -0.0498.